The largest absolute Gasteiger partial charge is 0.497 e. The summed E-state index contributed by atoms with van der Waals surface area (Å²) >= 11 is 3.16. The molecule has 0 saturated heterocycles. The molecule has 0 aliphatic carbocycles. The third-order valence-electron chi connectivity index (χ3n) is 2.86. The van der Waals surface area contributed by atoms with Gasteiger partial charge in [0, 0.05) is 5.75 Å². The molecule has 0 amide bonds. The highest BCUT2D eigenvalue weighted by atomic mass is 32.2. The zero-order valence-electron chi connectivity index (χ0n) is 10.9. The monoisotopic (exact) mass is 303 g/mol. The number of nitrogen functional groups attached to an aromatic ring is 1. The number of hydrogen-bond acceptors (Lipinski definition) is 6. The average Bonchev–Trinajstić information content (AvgIpc) is 2.94. The SMILES string of the molecule is COc1ccc(CSc2nc(N)c3ccsc3n2)cc1. The van der Waals surface area contributed by atoms with Gasteiger partial charge >= 0.3 is 0 Å². The highest BCUT2D eigenvalue weighted by Crippen LogP contribution is 2.28. The van der Waals surface area contributed by atoms with Crippen LogP contribution in [0.5, 0.6) is 5.75 Å². The second-order valence-corrected chi connectivity index (χ2v) is 6.00. The number of nitrogens with two attached hydrogens (primary N) is 1. The Morgan fingerprint density at radius 2 is 2.00 bits per heavy atom. The van der Waals surface area contributed by atoms with Gasteiger partial charge in [0.15, 0.2) is 5.16 Å². The molecule has 6 heteroatoms. The van der Waals surface area contributed by atoms with Crippen molar-refractivity contribution in [3.05, 3.63) is 41.3 Å². The maximum Gasteiger partial charge on any atom is 0.191 e. The van der Waals surface area contributed by atoms with E-state index in [4.69, 9.17) is 10.5 Å². The number of rotatable bonds is 4. The van der Waals surface area contributed by atoms with Gasteiger partial charge in [0.05, 0.1) is 12.5 Å². The van der Waals surface area contributed by atoms with Crippen LogP contribution in [0.2, 0.25) is 0 Å². The summed E-state index contributed by atoms with van der Waals surface area (Å²) in [6.07, 6.45) is 0. The number of anilines is 1. The topological polar surface area (TPSA) is 61.0 Å². The molecule has 0 bridgehead atoms. The molecule has 0 unspecified atom stereocenters. The van der Waals surface area contributed by atoms with Gasteiger partial charge in [0.1, 0.15) is 16.4 Å². The Hall–Kier alpha value is -1.79. The molecule has 1 aromatic carbocycles. The lowest BCUT2D eigenvalue weighted by atomic mass is 10.2. The van der Waals surface area contributed by atoms with Crippen LogP contribution in [0.4, 0.5) is 5.82 Å². The van der Waals surface area contributed by atoms with Crippen molar-refractivity contribution in [3.8, 4) is 5.75 Å². The fourth-order valence-corrected chi connectivity index (χ4v) is 3.43. The molecule has 2 heterocycles. The number of fused-ring (bicyclic) bond motifs is 1. The molecule has 102 valence electrons. The number of hydrogen-bond donors (Lipinski definition) is 1. The molecule has 0 fully saturated rings. The molecule has 0 aliphatic heterocycles. The minimum absolute atomic E-state index is 0.550. The van der Waals surface area contributed by atoms with Gasteiger partial charge in [-0.15, -0.1) is 11.3 Å². The summed E-state index contributed by atoms with van der Waals surface area (Å²) in [7, 11) is 1.66. The van der Waals surface area contributed by atoms with Crippen LogP contribution in [0.15, 0.2) is 40.9 Å². The Bertz CT molecular complexity index is 725. The number of nitrogens with zero attached hydrogens (tertiary/aromatic N) is 2. The maximum absolute atomic E-state index is 5.93. The Kier molecular flexibility index (Phi) is 3.75. The first-order chi connectivity index (χ1) is 9.76. The van der Waals surface area contributed by atoms with Gasteiger partial charge in [-0.05, 0) is 29.1 Å². The second kappa shape index (κ2) is 5.68. The van der Waals surface area contributed by atoms with Crippen LogP contribution in [-0.4, -0.2) is 17.1 Å². The fraction of sp³-hybridized carbons (Fsp3) is 0.143. The van der Waals surface area contributed by atoms with E-state index in [1.807, 2.05) is 35.7 Å². The Morgan fingerprint density at radius 3 is 2.75 bits per heavy atom. The number of thioether (sulfide) groups is 1. The van der Waals surface area contributed by atoms with Crippen molar-refractivity contribution in [1.29, 1.82) is 0 Å². The van der Waals surface area contributed by atoms with E-state index in [1.165, 1.54) is 5.56 Å². The Morgan fingerprint density at radius 1 is 1.20 bits per heavy atom. The fourth-order valence-electron chi connectivity index (χ4n) is 1.79. The summed E-state index contributed by atoms with van der Waals surface area (Å²) in [5, 5.41) is 3.63. The summed E-state index contributed by atoms with van der Waals surface area (Å²) < 4.78 is 5.14. The van der Waals surface area contributed by atoms with E-state index in [1.54, 1.807) is 30.2 Å². The van der Waals surface area contributed by atoms with Crippen molar-refractivity contribution in [3.63, 3.8) is 0 Å². The first-order valence-electron chi connectivity index (χ1n) is 6.03. The number of aromatic nitrogens is 2. The number of benzene rings is 1. The lowest BCUT2D eigenvalue weighted by molar-refractivity contribution is 0.414. The summed E-state index contributed by atoms with van der Waals surface area (Å²) in [5.74, 6) is 2.22. The quantitative estimate of drug-likeness (QED) is 0.589. The predicted molar refractivity (Wildman–Crippen MR) is 84.4 cm³/mol. The Balaban J connectivity index is 1.75. The summed E-state index contributed by atoms with van der Waals surface area (Å²) in [6.45, 7) is 0. The minimum Gasteiger partial charge on any atom is -0.497 e. The van der Waals surface area contributed by atoms with Crippen LogP contribution in [0.3, 0.4) is 0 Å². The third kappa shape index (κ3) is 2.71. The van der Waals surface area contributed by atoms with Gasteiger partial charge in [0.2, 0.25) is 0 Å². The van der Waals surface area contributed by atoms with Gasteiger partial charge in [-0.2, -0.15) is 0 Å². The van der Waals surface area contributed by atoms with E-state index in [0.717, 1.165) is 21.7 Å². The lowest BCUT2D eigenvalue weighted by Gasteiger charge is -2.04. The third-order valence-corrected chi connectivity index (χ3v) is 4.59. The van der Waals surface area contributed by atoms with E-state index < -0.39 is 0 Å². The van der Waals surface area contributed by atoms with Crippen molar-refractivity contribution in [2.75, 3.05) is 12.8 Å². The van der Waals surface area contributed by atoms with Crippen LogP contribution in [-0.2, 0) is 5.75 Å². The smallest absolute Gasteiger partial charge is 0.191 e. The molecule has 0 atom stereocenters. The molecule has 3 aromatic rings. The van der Waals surface area contributed by atoms with Gasteiger partial charge in [-0.3, -0.25) is 0 Å². The molecule has 0 saturated carbocycles. The van der Waals surface area contributed by atoms with Crippen molar-refractivity contribution in [2.24, 2.45) is 0 Å². The van der Waals surface area contributed by atoms with E-state index >= 15 is 0 Å². The van der Waals surface area contributed by atoms with E-state index in [-0.39, 0.29) is 0 Å². The van der Waals surface area contributed by atoms with Crippen LogP contribution < -0.4 is 10.5 Å². The van der Waals surface area contributed by atoms with Crippen molar-refractivity contribution < 1.29 is 4.74 Å². The normalized spacial score (nSPS) is 10.8. The summed E-state index contributed by atoms with van der Waals surface area (Å²) in [4.78, 5) is 9.78. The molecular formula is C14H13N3OS2. The number of thiophene rings is 1. The molecule has 2 aromatic heterocycles. The van der Waals surface area contributed by atoms with Crippen LogP contribution >= 0.6 is 23.1 Å². The molecule has 2 N–H and O–H groups in total. The van der Waals surface area contributed by atoms with Gasteiger partial charge in [0.25, 0.3) is 0 Å². The molecule has 20 heavy (non-hydrogen) atoms. The van der Waals surface area contributed by atoms with Crippen LogP contribution in [0, 0.1) is 0 Å². The summed E-state index contributed by atoms with van der Waals surface area (Å²) in [5.41, 5.74) is 7.13. The average molecular weight is 303 g/mol. The number of methoxy groups -OCH3 is 1. The predicted octanol–water partition coefficient (Wildman–Crippen LogP) is 3.57. The zero-order chi connectivity index (χ0) is 13.9. The van der Waals surface area contributed by atoms with Gasteiger partial charge in [-0.25, -0.2) is 9.97 Å². The minimum atomic E-state index is 0.550. The summed E-state index contributed by atoms with van der Waals surface area (Å²) in [6, 6.07) is 9.94. The number of ether oxygens (including phenoxy) is 1. The highest BCUT2D eigenvalue weighted by Gasteiger charge is 2.07. The van der Waals surface area contributed by atoms with Crippen molar-refractivity contribution >= 4 is 39.1 Å². The van der Waals surface area contributed by atoms with Gasteiger partial charge in [-0.1, -0.05) is 23.9 Å². The highest BCUT2D eigenvalue weighted by molar-refractivity contribution is 7.98. The molecular weight excluding hydrogens is 290 g/mol. The first kappa shape index (κ1) is 13.2. The van der Waals surface area contributed by atoms with Crippen molar-refractivity contribution in [2.45, 2.75) is 10.9 Å². The Labute approximate surface area is 125 Å². The molecule has 3 rings (SSSR count). The molecule has 0 aliphatic rings. The maximum atomic E-state index is 5.93. The lowest BCUT2D eigenvalue weighted by Crippen LogP contribution is -1.95. The van der Waals surface area contributed by atoms with E-state index in [0.29, 0.717) is 11.0 Å². The molecule has 4 nitrogen and oxygen atoms in total. The van der Waals surface area contributed by atoms with Crippen LogP contribution in [0.1, 0.15) is 5.56 Å². The zero-order valence-corrected chi connectivity index (χ0v) is 12.5. The molecule has 0 radical (unpaired) electrons. The van der Waals surface area contributed by atoms with E-state index in [9.17, 15) is 0 Å². The first-order valence-corrected chi connectivity index (χ1v) is 7.89. The van der Waals surface area contributed by atoms with Gasteiger partial charge < -0.3 is 10.5 Å². The standard InChI is InChI=1S/C14H13N3OS2/c1-18-10-4-2-9(3-5-10)8-20-14-16-12(15)11-6-7-19-13(11)17-14/h2-7H,8H2,1H3,(H2,15,16,17). The van der Waals surface area contributed by atoms with Crippen molar-refractivity contribution in [1.82, 2.24) is 9.97 Å². The molecule has 0 spiro atoms. The second-order valence-electron chi connectivity index (χ2n) is 4.17. The van der Waals surface area contributed by atoms with Crippen LogP contribution in [0.25, 0.3) is 10.2 Å². The van der Waals surface area contributed by atoms with E-state index in [2.05, 4.69) is 9.97 Å².